The molecule has 0 spiro atoms. The highest BCUT2D eigenvalue weighted by molar-refractivity contribution is 9.10. The summed E-state index contributed by atoms with van der Waals surface area (Å²) in [5.74, 6) is -0.352. The Bertz CT molecular complexity index is 1910. The molecule has 4 nitrogen and oxygen atoms in total. The maximum absolute atomic E-state index is 14.1. The number of fused-ring (bicyclic) bond motifs is 2. The molecule has 2 amide bonds. The van der Waals surface area contributed by atoms with E-state index in [1.807, 2.05) is 36.4 Å². The Hall–Kier alpha value is -3.96. The molecule has 5 heteroatoms. The second-order valence-electron chi connectivity index (χ2n) is 10.8. The summed E-state index contributed by atoms with van der Waals surface area (Å²) in [6, 6.07) is 24.1. The second kappa shape index (κ2) is 9.35. The Morgan fingerprint density at radius 3 is 1.77 bits per heavy atom. The van der Waals surface area contributed by atoms with Crippen LogP contribution in [0.5, 0.6) is 0 Å². The zero-order valence-corrected chi connectivity index (χ0v) is 23.9. The van der Waals surface area contributed by atoms with Gasteiger partial charge in [-0.1, -0.05) is 98.2 Å². The molecule has 0 bridgehead atoms. The van der Waals surface area contributed by atoms with Crippen LogP contribution >= 0.6 is 15.9 Å². The van der Waals surface area contributed by atoms with Gasteiger partial charge < -0.3 is 11.1 Å². The molecule has 3 N–H and O–H groups in total. The fourth-order valence-electron chi connectivity index (χ4n) is 6.04. The molecule has 0 heterocycles. The average molecular weight is 578 g/mol. The van der Waals surface area contributed by atoms with Crippen LogP contribution in [0.1, 0.15) is 71.4 Å². The van der Waals surface area contributed by atoms with Gasteiger partial charge in [-0.3, -0.25) is 9.59 Å². The first-order chi connectivity index (χ1) is 18.7. The molecule has 6 aromatic carbocycles. The van der Waals surface area contributed by atoms with E-state index in [2.05, 4.69) is 79.3 Å². The topological polar surface area (TPSA) is 72.2 Å². The van der Waals surface area contributed by atoms with Gasteiger partial charge in [0.25, 0.3) is 5.91 Å². The number of rotatable bonds is 5. The molecule has 0 aliphatic rings. The number of nitrogens with two attached hydrogens (primary N) is 1. The van der Waals surface area contributed by atoms with Crippen LogP contribution in [-0.4, -0.2) is 11.8 Å². The van der Waals surface area contributed by atoms with Crippen molar-refractivity contribution in [2.24, 2.45) is 5.73 Å². The summed E-state index contributed by atoms with van der Waals surface area (Å²) >= 11 is 3.71. The largest absolute Gasteiger partial charge is 0.366 e. The lowest BCUT2D eigenvalue weighted by Gasteiger charge is -2.21. The van der Waals surface area contributed by atoms with Gasteiger partial charge in [-0.25, -0.2) is 0 Å². The lowest BCUT2D eigenvalue weighted by atomic mass is 9.86. The number of benzene rings is 6. The van der Waals surface area contributed by atoms with Crippen molar-refractivity contribution in [1.29, 1.82) is 0 Å². The number of hydrogen-bond acceptors (Lipinski definition) is 2. The van der Waals surface area contributed by atoms with Crippen LogP contribution in [-0.2, 0) is 0 Å². The van der Waals surface area contributed by atoms with Gasteiger partial charge >= 0.3 is 0 Å². The van der Waals surface area contributed by atoms with Gasteiger partial charge in [0.15, 0.2) is 0 Å². The summed E-state index contributed by atoms with van der Waals surface area (Å²) in [5, 5.41) is 11.1. The fraction of sp³-hybridized carbons (Fsp3) is 0.176. The van der Waals surface area contributed by atoms with Crippen LogP contribution in [0.3, 0.4) is 0 Å². The minimum Gasteiger partial charge on any atom is -0.366 e. The highest BCUT2D eigenvalue weighted by atomic mass is 79.9. The van der Waals surface area contributed by atoms with Gasteiger partial charge in [0.1, 0.15) is 0 Å². The number of para-hydroxylation sites is 1. The molecule has 0 aromatic heterocycles. The lowest BCUT2D eigenvalue weighted by molar-refractivity contribution is 0.100. The molecule has 0 aliphatic carbocycles. The molecule has 0 atom stereocenters. The van der Waals surface area contributed by atoms with Crippen molar-refractivity contribution in [3.63, 3.8) is 0 Å². The Morgan fingerprint density at radius 2 is 1.15 bits per heavy atom. The number of carbonyl (C=O) groups excluding carboxylic acids is 2. The smallest absolute Gasteiger partial charge is 0.256 e. The van der Waals surface area contributed by atoms with Crippen LogP contribution in [0, 0.1) is 0 Å². The van der Waals surface area contributed by atoms with Crippen LogP contribution in [0.2, 0.25) is 0 Å². The Morgan fingerprint density at radius 1 is 0.641 bits per heavy atom. The zero-order valence-electron chi connectivity index (χ0n) is 22.4. The van der Waals surface area contributed by atoms with Gasteiger partial charge in [0, 0.05) is 26.7 Å². The maximum Gasteiger partial charge on any atom is 0.256 e. The number of carbonyl (C=O) groups is 2. The predicted molar refractivity (Wildman–Crippen MR) is 166 cm³/mol. The maximum atomic E-state index is 14.1. The van der Waals surface area contributed by atoms with Crippen molar-refractivity contribution >= 4 is 76.5 Å². The van der Waals surface area contributed by atoms with Crippen molar-refractivity contribution in [2.45, 2.75) is 39.5 Å². The molecule has 6 rings (SSSR count). The zero-order chi connectivity index (χ0) is 27.6. The molecule has 0 unspecified atom stereocenters. The first-order valence-corrected chi connectivity index (χ1v) is 14.0. The molecular weight excluding hydrogens is 548 g/mol. The number of hydrogen-bond donors (Lipinski definition) is 2. The van der Waals surface area contributed by atoms with Crippen LogP contribution in [0.4, 0.5) is 5.69 Å². The van der Waals surface area contributed by atoms with Gasteiger partial charge in [0.2, 0.25) is 5.91 Å². The molecule has 39 heavy (non-hydrogen) atoms. The van der Waals surface area contributed by atoms with E-state index in [-0.39, 0.29) is 17.7 Å². The lowest BCUT2D eigenvalue weighted by Crippen LogP contribution is -2.18. The standard InChI is InChI=1S/C34H29BrN2O2/c1-17(2)19-7-5-8-20(18(3)4)32(19)37-34(39)27-14-12-23-21-9-6-10-25-28(35)16-15-22(29(21)25)24-11-13-26(33(36)38)31(27)30(23)24/h5-18H,1-4H3,(H2,36,38)(H,37,39). The molecular formula is C34H29BrN2O2. The summed E-state index contributed by atoms with van der Waals surface area (Å²) in [7, 11) is 0. The first-order valence-electron chi connectivity index (χ1n) is 13.2. The Kier molecular flexibility index (Phi) is 6.07. The van der Waals surface area contributed by atoms with Crippen LogP contribution in [0.15, 0.2) is 77.3 Å². The second-order valence-corrected chi connectivity index (χ2v) is 11.7. The highest BCUT2D eigenvalue weighted by Gasteiger charge is 2.24. The quantitative estimate of drug-likeness (QED) is 0.158. The summed E-state index contributed by atoms with van der Waals surface area (Å²) in [5.41, 5.74) is 9.69. The summed E-state index contributed by atoms with van der Waals surface area (Å²) in [6.07, 6.45) is 0. The SMILES string of the molecule is CC(C)c1cccc(C(C)C)c1NC(=O)c1ccc2c3cccc4c(Br)ccc(c5ccc(C(N)=O)c1c52)c43. The first kappa shape index (κ1) is 25.3. The number of anilines is 1. The van der Waals surface area contributed by atoms with E-state index >= 15 is 0 Å². The highest BCUT2D eigenvalue weighted by Crippen LogP contribution is 2.44. The van der Waals surface area contributed by atoms with E-state index in [9.17, 15) is 9.59 Å². The Balaban J connectivity index is 1.67. The monoisotopic (exact) mass is 576 g/mol. The van der Waals surface area contributed by atoms with E-state index < -0.39 is 5.91 Å². The minimum atomic E-state index is -0.557. The third-order valence-electron chi connectivity index (χ3n) is 7.85. The molecule has 194 valence electrons. The number of halogens is 1. The molecule has 0 aliphatic heterocycles. The predicted octanol–water partition coefficient (Wildman–Crippen LogP) is 9.10. The van der Waals surface area contributed by atoms with E-state index in [1.165, 1.54) is 0 Å². The Labute approximate surface area is 235 Å². The third kappa shape index (κ3) is 3.87. The van der Waals surface area contributed by atoms with Gasteiger partial charge in [-0.2, -0.15) is 0 Å². The molecule has 0 saturated carbocycles. The van der Waals surface area contributed by atoms with Gasteiger partial charge in [-0.15, -0.1) is 0 Å². The van der Waals surface area contributed by atoms with E-state index in [0.29, 0.717) is 16.5 Å². The molecule has 0 fully saturated rings. The molecule has 6 aromatic rings. The minimum absolute atomic E-state index is 0.229. The van der Waals surface area contributed by atoms with E-state index in [4.69, 9.17) is 5.73 Å². The van der Waals surface area contributed by atoms with Crippen LogP contribution in [0.25, 0.3) is 43.1 Å². The van der Waals surface area contributed by atoms with Crippen molar-refractivity contribution in [1.82, 2.24) is 0 Å². The normalized spacial score (nSPS) is 12.0. The number of nitrogens with one attached hydrogen (secondary N) is 1. The van der Waals surface area contributed by atoms with Crippen molar-refractivity contribution in [3.05, 3.63) is 99.5 Å². The summed E-state index contributed by atoms with van der Waals surface area (Å²) in [4.78, 5) is 26.8. The van der Waals surface area contributed by atoms with Gasteiger partial charge in [0.05, 0.1) is 0 Å². The van der Waals surface area contributed by atoms with Crippen LogP contribution < -0.4 is 11.1 Å². The van der Waals surface area contributed by atoms with E-state index in [1.54, 1.807) is 6.07 Å². The molecule has 0 radical (unpaired) electrons. The molecule has 0 saturated heterocycles. The summed E-state index contributed by atoms with van der Waals surface area (Å²) < 4.78 is 1.03. The number of primary amides is 1. The van der Waals surface area contributed by atoms with Crippen molar-refractivity contribution in [2.75, 3.05) is 5.32 Å². The van der Waals surface area contributed by atoms with Crippen molar-refractivity contribution < 1.29 is 9.59 Å². The van der Waals surface area contributed by atoms with E-state index in [0.717, 1.165) is 59.0 Å². The van der Waals surface area contributed by atoms with Crippen molar-refractivity contribution in [3.8, 4) is 0 Å². The third-order valence-corrected chi connectivity index (χ3v) is 8.54. The average Bonchev–Trinajstić information content (AvgIpc) is 2.91. The fourth-order valence-corrected chi connectivity index (χ4v) is 6.50. The summed E-state index contributed by atoms with van der Waals surface area (Å²) in [6.45, 7) is 8.50. The van der Waals surface area contributed by atoms with Gasteiger partial charge in [-0.05, 0) is 78.9 Å². The number of amides is 2.